The number of nitrogens with one attached hydrogen (secondary N) is 2. The Kier molecular flexibility index (Phi) is 4.18. The fraction of sp³-hybridized carbons (Fsp3) is 0.389. The normalized spacial score (nSPS) is 24.6. The quantitative estimate of drug-likeness (QED) is 0.673. The second-order valence-corrected chi connectivity index (χ2v) is 6.18. The van der Waals surface area contributed by atoms with E-state index in [2.05, 4.69) is 52.9 Å². The summed E-state index contributed by atoms with van der Waals surface area (Å²) in [7, 11) is 1.80. The molecule has 1 aromatic heterocycles. The van der Waals surface area contributed by atoms with Crippen LogP contribution in [0.2, 0.25) is 0 Å². The van der Waals surface area contributed by atoms with Gasteiger partial charge < -0.3 is 15.1 Å². The lowest BCUT2D eigenvalue weighted by Gasteiger charge is -2.46. The molecular weight excluding hydrogens is 274 g/mol. The van der Waals surface area contributed by atoms with Crippen LogP contribution in [0.15, 0.2) is 58.1 Å². The van der Waals surface area contributed by atoms with Crippen molar-refractivity contribution in [3.05, 3.63) is 60.1 Å². The van der Waals surface area contributed by atoms with Crippen LogP contribution < -0.4 is 10.6 Å². The minimum absolute atomic E-state index is 0.277. The van der Waals surface area contributed by atoms with Gasteiger partial charge in [0.05, 0.1) is 12.8 Å². The highest BCUT2D eigenvalue weighted by atomic mass is 16.3. The first kappa shape index (κ1) is 14.7. The van der Waals surface area contributed by atoms with Gasteiger partial charge in [-0.25, -0.2) is 0 Å². The molecule has 0 radical (unpaired) electrons. The van der Waals surface area contributed by atoms with E-state index in [9.17, 15) is 0 Å². The second-order valence-electron chi connectivity index (χ2n) is 6.18. The molecule has 22 heavy (non-hydrogen) atoms. The van der Waals surface area contributed by atoms with E-state index in [0.717, 1.165) is 24.6 Å². The highest BCUT2D eigenvalue weighted by Gasteiger charge is 2.41. The highest BCUT2D eigenvalue weighted by Crippen LogP contribution is 2.43. The molecule has 1 aromatic carbocycles. The van der Waals surface area contributed by atoms with Crippen LogP contribution in [0.25, 0.3) is 0 Å². The Labute approximate surface area is 131 Å². The van der Waals surface area contributed by atoms with Gasteiger partial charge in [-0.05, 0) is 36.0 Å². The molecule has 0 unspecified atom stereocenters. The standard InChI is InChI=1S/C18H23N3O/c1-18(14-7-4-3-5-8-14)11-15(12-18)21-17(19-2)20-13-16-9-6-10-22-16/h3-10,15H,11-13H2,1-2H3,(H2,19,20,21). The Hall–Kier alpha value is -2.23. The summed E-state index contributed by atoms with van der Waals surface area (Å²) >= 11 is 0. The molecule has 0 bridgehead atoms. The maximum Gasteiger partial charge on any atom is 0.191 e. The van der Waals surface area contributed by atoms with Crippen molar-refractivity contribution in [3.63, 3.8) is 0 Å². The van der Waals surface area contributed by atoms with Crippen LogP contribution >= 0.6 is 0 Å². The summed E-state index contributed by atoms with van der Waals surface area (Å²) in [6.07, 6.45) is 3.93. The van der Waals surface area contributed by atoms with Gasteiger partial charge in [0, 0.05) is 13.1 Å². The third-order valence-electron chi connectivity index (χ3n) is 4.44. The predicted molar refractivity (Wildman–Crippen MR) is 88.9 cm³/mol. The first-order valence-corrected chi connectivity index (χ1v) is 7.75. The largest absolute Gasteiger partial charge is 0.467 e. The van der Waals surface area contributed by atoms with Crippen molar-refractivity contribution < 1.29 is 4.42 Å². The smallest absolute Gasteiger partial charge is 0.191 e. The first-order chi connectivity index (χ1) is 10.7. The first-order valence-electron chi connectivity index (χ1n) is 7.75. The van der Waals surface area contributed by atoms with Crippen molar-refractivity contribution >= 4 is 5.96 Å². The zero-order valence-corrected chi connectivity index (χ0v) is 13.2. The minimum Gasteiger partial charge on any atom is -0.467 e. The van der Waals surface area contributed by atoms with Crippen LogP contribution in [0.3, 0.4) is 0 Å². The molecule has 2 aromatic rings. The number of guanidine groups is 1. The topological polar surface area (TPSA) is 49.6 Å². The molecule has 0 saturated heterocycles. The highest BCUT2D eigenvalue weighted by molar-refractivity contribution is 5.80. The Morgan fingerprint density at radius 2 is 2.00 bits per heavy atom. The zero-order chi connectivity index (χ0) is 15.4. The van der Waals surface area contributed by atoms with E-state index in [4.69, 9.17) is 4.42 Å². The van der Waals surface area contributed by atoms with Gasteiger partial charge in [-0.2, -0.15) is 0 Å². The molecule has 0 amide bonds. The van der Waals surface area contributed by atoms with Crippen molar-refractivity contribution in [2.24, 2.45) is 4.99 Å². The van der Waals surface area contributed by atoms with E-state index in [1.54, 1.807) is 13.3 Å². The molecule has 1 fully saturated rings. The molecule has 3 rings (SSSR count). The van der Waals surface area contributed by atoms with Gasteiger partial charge in [0.25, 0.3) is 0 Å². The average Bonchev–Trinajstić information content (AvgIpc) is 3.03. The third kappa shape index (κ3) is 3.16. The molecule has 1 aliphatic rings. The maximum atomic E-state index is 5.32. The Bertz CT molecular complexity index is 613. The Morgan fingerprint density at radius 3 is 2.64 bits per heavy atom. The number of nitrogens with zero attached hydrogens (tertiary/aromatic N) is 1. The SMILES string of the molecule is CN=C(NCc1ccco1)NC1CC(C)(c2ccccc2)C1. The molecule has 4 heteroatoms. The average molecular weight is 297 g/mol. The second kappa shape index (κ2) is 6.26. The molecule has 1 aliphatic carbocycles. The summed E-state index contributed by atoms with van der Waals surface area (Å²) in [5.74, 6) is 1.74. The van der Waals surface area contributed by atoms with Crippen molar-refractivity contribution in [3.8, 4) is 0 Å². The number of hydrogen-bond acceptors (Lipinski definition) is 2. The summed E-state index contributed by atoms with van der Waals surface area (Å²) < 4.78 is 5.32. The van der Waals surface area contributed by atoms with Gasteiger partial charge in [-0.1, -0.05) is 37.3 Å². The van der Waals surface area contributed by atoms with Crippen LogP contribution in [0.1, 0.15) is 31.1 Å². The summed E-state index contributed by atoms with van der Waals surface area (Å²) in [5, 5.41) is 6.77. The summed E-state index contributed by atoms with van der Waals surface area (Å²) in [5.41, 5.74) is 1.70. The van der Waals surface area contributed by atoms with E-state index in [1.165, 1.54) is 5.56 Å². The summed E-state index contributed by atoms with van der Waals surface area (Å²) in [6, 6.07) is 15.1. The Balaban J connectivity index is 1.50. The fourth-order valence-corrected chi connectivity index (χ4v) is 3.18. The number of rotatable bonds is 4. The van der Waals surface area contributed by atoms with Crippen molar-refractivity contribution in [2.75, 3.05) is 7.05 Å². The number of hydrogen-bond donors (Lipinski definition) is 2. The Morgan fingerprint density at radius 1 is 1.23 bits per heavy atom. The van der Waals surface area contributed by atoms with E-state index >= 15 is 0 Å². The van der Waals surface area contributed by atoms with Crippen LogP contribution in [0, 0.1) is 0 Å². The van der Waals surface area contributed by atoms with Crippen molar-refractivity contribution in [1.29, 1.82) is 0 Å². The summed E-state index contributed by atoms with van der Waals surface area (Å²) in [6.45, 7) is 2.98. The lowest BCUT2D eigenvalue weighted by molar-refractivity contribution is 0.208. The van der Waals surface area contributed by atoms with Gasteiger partial charge in [0.2, 0.25) is 0 Å². The van der Waals surface area contributed by atoms with E-state index in [0.29, 0.717) is 12.6 Å². The van der Waals surface area contributed by atoms with Crippen LogP contribution in [-0.4, -0.2) is 19.0 Å². The molecule has 2 N–H and O–H groups in total. The predicted octanol–water partition coefficient (Wildman–Crippen LogP) is 3.06. The van der Waals surface area contributed by atoms with Gasteiger partial charge in [0.1, 0.15) is 5.76 Å². The van der Waals surface area contributed by atoms with Crippen molar-refractivity contribution in [1.82, 2.24) is 10.6 Å². The van der Waals surface area contributed by atoms with E-state index in [-0.39, 0.29) is 5.41 Å². The summed E-state index contributed by atoms with van der Waals surface area (Å²) in [4.78, 5) is 4.28. The molecular formula is C18H23N3O. The number of aliphatic imine (C=N–C) groups is 1. The molecule has 116 valence electrons. The third-order valence-corrected chi connectivity index (χ3v) is 4.44. The number of benzene rings is 1. The lowest BCUT2D eigenvalue weighted by atomic mass is 9.63. The molecule has 1 saturated carbocycles. The van der Waals surface area contributed by atoms with Gasteiger partial charge in [0.15, 0.2) is 5.96 Å². The monoisotopic (exact) mass is 297 g/mol. The molecule has 1 heterocycles. The van der Waals surface area contributed by atoms with Crippen LogP contribution in [0.4, 0.5) is 0 Å². The van der Waals surface area contributed by atoms with Gasteiger partial charge in [-0.15, -0.1) is 0 Å². The van der Waals surface area contributed by atoms with Gasteiger partial charge in [-0.3, -0.25) is 4.99 Å². The van der Waals surface area contributed by atoms with Crippen molar-refractivity contribution in [2.45, 2.75) is 37.8 Å². The maximum absolute atomic E-state index is 5.32. The zero-order valence-electron chi connectivity index (χ0n) is 13.2. The van der Waals surface area contributed by atoms with Crippen LogP contribution in [0.5, 0.6) is 0 Å². The fourth-order valence-electron chi connectivity index (χ4n) is 3.18. The van der Waals surface area contributed by atoms with Gasteiger partial charge >= 0.3 is 0 Å². The van der Waals surface area contributed by atoms with E-state index < -0.39 is 0 Å². The number of furan rings is 1. The van der Waals surface area contributed by atoms with Crippen LogP contribution in [-0.2, 0) is 12.0 Å². The molecule has 0 aliphatic heterocycles. The molecule has 4 nitrogen and oxygen atoms in total. The van der Waals surface area contributed by atoms with E-state index in [1.807, 2.05) is 12.1 Å². The molecule has 0 spiro atoms. The molecule has 0 atom stereocenters. The lowest BCUT2D eigenvalue weighted by Crippen LogP contribution is -2.54. The minimum atomic E-state index is 0.277.